The average Bonchev–Trinajstić information content (AvgIpc) is 2.85. The maximum atomic E-state index is 15.3. The normalized spacial score (nSPS) is 54.3. The van der Waals surface area contributed by atoms with Gasteiger partial charge < -0.3 is 10.2 Å². The lowest BCUT2D eigenvalue weighted by Gasteiger charge is -2.58. The quantitative estimate of drug-likeness (QED) is 0.735. The Labute approximate surface area is 148 Å². The first-order valence-corrected chi connectivity index (χ1v) is 9.90. The lowest BCUT2D eigenvalue weighted by atomic mass is 9.48. The molecule has 0 radical (unpaired) electrons. The molecule has 8 atom stereocenters. The molecule has 0 amide bonds. The first-order valence-electron chi connectivity index (χ1n) is 9.90. The minimum absolute atomic E-state index is 0.00419. The molecular weight excluding hydrogens is 326 g/mol. The van der Waals surface area contributed by atoms with Crippen molar-refractivity contribution in [1.29, 1.82) is 0 Å². The van der Waals surface area contributed by atoms with Gasteiger partial charge in [0.05, 0.1) is 11.5 Å². The first-order chi connectivity index (χ1) is 11.6. The van der Waals surface area contributed by atoms with Crippen LogP contribution in [0.25, 0.3) is 0 Å². The number of aliphatic hydroxyl groups is 1. The van der Waals surface area contributed by atoms with E-state index in [0.717, 1.165) is 25.7 Å². The minimum atomic E-state index is -2.92. The van der Waals surface area contributed by atoms with Gasteiger partial charge in [0.15, 0.2) is 0 Å². The molecule has 0 bridgehead atoms. The Kier molecular flexibility index (Phi) is 3.82. The second-order valence-electron chi connectivity index (χ2n) is 9.83. The van der Waals surface area contributed by atoms with Crippen molar-refractivity contribution in [2.45, 2.75) is 76.7 Å². The Morgan fingerprint density at radius 3 is 2.36 bits per heavy atom. The molecule has 4 aliphatic carbocycles. The fourth-order valence-electron chi connectivity index (χ4n) is 7.44. The van der Waals surface area contributed by atoms with Crippen molar-refractivity contribution < 1.29 is 23.8 Å². The van der Waals surface area contributed by atoms with E-state index in [1.165, 1.54) is 0 Å². The molecule has 0 saturated heterocycles. The standard InChI is InChI=1S/C20H30F2O3/c1-18(25)8-7-12-11(9-18)3-4-13-14(12)10-20(21,22)19(2)15(13)5-6-16(19)17(23)24/h11-16,25H,3-10H2,1-2H3,(H,23,24)/t11-,12+,13-,14-,15+,16-,18-,19+/m1/s1. The molecular formula is C20H30F2O3. The summed E-state index contributed by atoms with van der Waals surface area (Å²) < 4.78 is 30.6. The molecule has 4 fully saturated rings. The van der Waals surface area contributed by atoms with Gasteiger partial charge in [-0.1, -0.05) is 6.92 Å². The fraction of sp³-hybridized carbons (Fsp3) is 0.950. The Balaban J connectivity index is 1.66. The molecule has 0 unspecified atom stereocenters. The van der Waals surface area contributed by atoms with Crippen LogP contribution >= 0.6 is 0 Å². The number of rotatable bonds is 1. The molecule has 0 aliphatic heterocycles. The van der Waals surface area contributed by atoms with Crippen LogP contribution in [0.1, 0.15) is 65.2 Å². The zero-order valence-electron chi connectivity index (χ0n) is 15.2. The van der Waals surface area contributed by atoms with E-state index in [0.29, 0.717) is 25.2 Å². The van der Waals surface area contributed by atoms with Gasteiger partial charge in [0.1, 0.15) is 0 Å². The lowest BCUT2D eigenvalue weighted by molar-refractivity contribution is -0.231. The predicted molar refractivity (Wildman–Crippen MR) is 89.2 cm³/mol. The van der Waals surface area contributed by atoms with Crippen molar-refractivity contribution in [3.63, 3.8) is 0 Å². The highest BCUT2D eigenvalue weighted by atomic mass is 19.3. The summed E-state index contributed by atoms with van der Waals surface area (Å²) in [4.78, 5) is 11.6. The molecule has 0 heterocycles. The van der Waals surface area contributed by atoms with Gasteiger partial charge in [-0.25, -0.2) is 8.78 Å². The molecule has 0 aromatic rings. The van der Waals surface area contributed by atoms with E-state index < -0.39 is 28.8 Å². The van der Waals surface area contributed by atoms with Crippen LogP contribution in [0.4, 0.5) is 8.78 Å². The monoisotopic (exact) mass is 356 g/mol. The topological polar surface area (TPSA) is 57.5 Å². The smallest absolute Gasteiger partial charge is 0.307 e. The SMILES string of the molecule is C[C@@]1(O)CC[C@H]2[C@H](CC[C@@H]3[C@@H]2CC(F)(F)[C@]2(C)[C@@H](C(=O)O)CC[C@@H]32)C1. The summed E-state index contributed by atoms with van der Waals surface area (Å²) >= 11 is 0. The van der Waals surface area contributed by atoms with Crippen LogP contribution in [-0.2, 0) is 4.79 Å². The second-order valence-corrected chi connectivity index (χ2v) is 9.83. The third kappa shape index (κ3) is 2.40. The van der Waals surface area contributed by atoms with E-state index in [9.17, 15) is 15.0 Å². The minimum Gasteiger partial charge on any atom is -0.481 e. The second kappa shape index (κ2) is 5.40. The van der Waals surface area contributed by atoms with E-state index in [1.54, 1.807) is 6.92 Å². The van der Waals surface area contributed by atoms with Crippen LogP contribution in [0.2, 0.25) is 0 Å². The number of hydrogen-bond acceptors (Lipinski definition) is 2. The summed E-state index contributed by atoms with van der Waals surface area (Å²) in [5.74, 6) is -4.20. The number of carboxylic acid groups (broad SMARTS) is 1. The summed E-state index contributed by atoms with van der Waals surface area (Å²) in [5.41, 5.74) is -2.05. The fourth-order valence-corrected chi connectivity index (χ4v) is 7.44. The highest BCUT2D eigenvalue weighted by Gasteiger charge is 2.70. The van der Waals surface area contributed by atoms with Gasteiger partial charge in [-0.2, -0.15) is 0 Å². The Morgan fingerprint density at radius 1 is 0.960 bits per heavy atom. The highest BCUT2D eigenvalue weighted by Crippen LogP contribution is 2.69. The summed E-state index contributed by atoms with van der Waals surface area (Å²) in [6.07, 6.45) is 5.03. The largest absolute Gasteiger partial charge is 0.481 e. The van der Waals surface area contributed by atoms with E-state index in [-0.39, 0.29) is 30.1 Å². The van der Waals surface area contributed by atoms with Crippen molar-refractivity contribution in [3.05, 3.63) is 0 Å². The molecule has 142 valence electrons. The molecule has 0 aromatic carbocycles. The Morgan fingerprint density at radius 2 is 1.68 bits per heavy atom. The van der Waals surface area contributed by atoms with Crippen LogP contribution in [0.5, 0.6) is 0 Å². The van der Waals surface area contributed by atoms with Crippen LogP contribution in [0, 0.1) is 40.9 Å². The van der Waals surface area contributed by atoms with Gasteiger partial charge in [-0.3, -0.25) is 4.79 Å². The number of fused-ring (bicyclic) bond motifs is 5. The predicted octanol–water partition coefficient (Wildman–Crippen LogP) is 4.34. The third-order valence-corrected chi connectivity index (χ3v) is 8.65. The maximum absolute atomic E-state index is 15.3. The summed E-state index contributed by atoms with van der Waals surface area (Å²) in [5, 5.41) is 19.9. The summed E-state index contributed by atoms with van der Waals surface area (Å²) in [6.45, 7) is 3.42. The number of hydrogen-bond donors (Lipinski definition) is 2. The molecule has 5 heteroatoms. The van der Waals surface area contributed by atoms with Gasteiger partial charge >= 0.3 is 5.97 Å². The van der Waals surface area contributed by atoms with Crippen molar-refractivity contribution in [3.8, 4) is 0 Å². The molecule has 0 aromatic heterocycles. The summed E-state index contributed by atoms with van der Waals surface area (Å²) in [6, 6.07) is 0. The van der Waals surface area contributed by atoms with Crippen molar-refractivity contribution in [2.75, 3.05) is 0 Å². The van der Waals surface area contributed by atoms with Crippen LogP contribution in [0.15, 0.2) is 0 Å². The zero-order valence-corrected chi connectivity index (χ0v) is 15.2. The van der Waals surface area contributed by atoms with E-state index >= 15 is 8.78 Å². The number of aliphatic carboxylic acids is 1. The summed E-state index contributed by atoms with van der Waals surface area (Å²) in [7, 11) is 0. The van der Waals surface area contributed by atoms with Gasteiger partial charge in [0, 0.05) is 11.8 Å². The number of carboxylic acids is 1. The van der Waals surface area contributed by atoms with Gasteiger partial charge in [-0.15, -0.1) is 0 Å². The van der Waals surface area contributed by atoms with Crippen molar-refractivity contribution in [2.24, 2.45) is 40.9 Å². The number of carbonyl (C=O) groups is 1. The van der Waals surface area contributed by atoms with Crippen molar-refractivity contribution >= 4 is 5.97 Å². The third-order valence-electron chi connectivity index (χ3n) is 8.65. The Hall–Kier alpha value is -0.710. The first kappa shape index (κ1) is 17.7. The van der Waals surface area contributed by atoms with E-state index in [2.05, 4.69) is 0 Å². The Bertz CT molecular complexity index is 575. The maximum Gasteiger partial charge on any atom is 0.307 e. The van der Waals surface area contributed by atoms with E-state index in [1.807, 2.05) is 6.92 Å². The molecule has 0 spiro atoms. The lowest BCUT2D eigenvalue weighted by Crippen LogP contribution is -2.59. The average molecular weight is 356 g/mol. The van der Waals surface area contributed by atoms with Gasteiger partial charge in [0.25, 0.3) is 5.92 Å². The van der Waals surface area contributed by atoms with Gasteiger partial charge in [-0.05, 0) is 81.5 Å². The van der Waals surface area contributed by atoms with E-state index in [4.69, 9.17) is 0 Å². The van der Waals surface area contributed by atoms with Crippen molar-refractivity contribution in [1.82, 2.24) is 0 Å². The number of halogens is 2. The molecule has 3 nitrogen and oxygen atoms in total. The highest BCUT2D eigenvalue weighted by molar-refractivity contribution is 5.72. The van der Waals surface area contributed by atoms with Crippen LogP contribution in [-0.4, -0.2) is 27.7 Å². The molecule has 4 rings (SSSR count). The molecule has 2 N–H and O–H groups in total. The van der Waals surface area contributed by atoms with Crippen LogP contribution < -0.4 is 0 Å². The molecule has 4 saturated carbocycles. The zero-order chi connectivity index (χ0) is 18.2. The number of alkyl halides is 2. The molecule has 25 heavy (non-hydrogen) atoms. The molecule has 4 aliphatic rings. The van der Waals surface area contributed by atoms with Gasteiger partial charge in [0.2, 0.25) is 0 Å². The van der Waals surface area contributed by atoms with Crippen LogP contribution in [0.3, 0.4) is 0 Å².